The zero-order valence-corrected chi connectivity index (χ0v) is 24.0. The molecule has 3 aromatic heterocycles. The van der Waals surface area contributed by atoms with Crippen molar-refractivity contribution in [2.75, 3.05) is 27.2 Å². The molecule has 3 aromatic rings. The summed E-state index contributed by atoms with van der Waals surface area (Å²) in [7, 11) is -0.312. The third kappa shape index (κ3) is 4.58. The number of carbonyl (C=O) groups excluding carboxylic acids is 1. The number of sulfonamides is 1. The van der Waals surface area contributed by atoms with E-state index >= 15 is 0 Å². The number of imidazole rings is 1. The van der Waals surface area contributed by atoms with E-state index in [1.54, 1.807) is 41.9 Å². The van der Waals surface area contributed by atoms with E-state index in [-0.39, 0.29) is 16.8 Å². The molecule has 4 heterocycles. The van der Waals surface area contributed by atoms with Crippen molar-refractivity contribution in [1.29, 1.82) is 5.26 Å². The van der Waals surface area contributed by atoms with Crippen molar-refractivity contribution in [3.8, 4) is 16.8 Å². The van der Waals surface area contributed by atoms with Gasteiger partial charge in [-0.2, -0.15) is 5.26 Å². The van der Waals surface area contributed by atoms with Crippen LogP contribution in [0.5, 0.6) is 0 Å². The van der Waals surface area contributed by atoms with E-state index in [9.17, 15) is 18.5 Å². The standard InChI is InChI=1S/C26H32N8O3S2/c1-25(7-4-8-25)31-39(36,37)18-13-19(17-5-11-33(12-6-17)24(35)32(2)3)21-28-14-20(34(21)15-18)22-29-30-23(38-22)26(16-27)9-10-26/h13-15,17,31H,4-12H2,1-3H3. The first kappa shape index (κ1) is 26.2. The Morgan fingerprint density at radius 1 is 1.21 bits per heavy atom. The van der Waals surface area contributed by atoms with Gasteiger partial charge in [-0.25, -0.2) is 22.9 Å². The Labute approximate surface area is 231 Å². The summed E-state index contributed by atoms with van der Waals surface area (Å²) >= 11 is 1.36. The van der Waals surface area contributed by atoms with Crippen molar-refractivity contribution in [1.82, 2.24) is 34.1 Å². The highest BCUT2D eigenvalue weighted by molar-refractivity contribution is 7.89. The number of likely N-dealkylation sites (tertiary alicyclic amines) is 1. The van der Waals surface area contributed by atoms with E-state index in [1.165, 1.54) is 11.3 Å². The van der Waals surface area contributed by atoms with E-state index in [2.05, 4.69) is 21.0 Å². The molecule has 0 bridgehead atoms. The molecule has 3 fully saturated rings. The molecule has 0 atom stereocenters. The van der Waals surface area contributed by atoms with Crippen LogP contribution < -0.4 is 4.72 Å². The van der Waals surface area contributed by atoms with Crippen molar-refractivity contribution < 1.29 is 13.2 Å². The summed E-state index contributed by atoms with van der Waals surface area (Å²) in [6, 6.07) is 4.10. The van der Waals surface area contributed by atoms with Gasteiger partial charge in [0.1, 0.15) is 21.8 Å². The summed E-state index contributed by atoms with van der Waals surface area (Å²) in [5.41, 5.74) is 1.19. The number of rotatable bonds is 6. The van der Waals surface area contributed by atoms with Crippen molar-refractivity contribution in [3.63, 3.8) is 0 Å². The summed E-state index contributed by atoms with van der Waals surface area (Å²) in [5, 5.41) is 19.6. The van der Waals surface area contributed by atoms with E-state index in [0.29, 0.717) is 47.3 Å². The van der Waals surface area contributed by atoms with Crippen molar-refractivity contribution in [2.24, 2.45) is 0 Å². The lowest BCUT2D eigenvalue weighted by atomic mass is 9.80. The van der Waals surface area contributed by atoms with Crippen molar-refractivity contribution in [2.45, 2.75) is 73.6 Å². The highest BCUT2D eigenvalue weighted by Crippen LogP contribution is 2.49. The Hall–Kier alpha value is -3.08. The zero-order chi connectivity index (χ0) is 27.6. The fourth-order valence-electron chi connectivity index (χ4n) is 5.57. The molecule has 206 valence electrons. The molecule has 0 spiro atoms. The van der Waals surface area contributed by atoms with E-state index < -0.39 is 21.0 Å². The van der Waals surface area contributed by atoms with Crippen LogP contribution in [-0.4, -0.2) is 76.6 Å². The first-order chi connectivity index (χ1) is 18.5. The minimum absolute atomic E-state index is 0.0196. The summed E-state index contributed by atoms with van der Waals surface area (Å²) < 4.78 is 32.0. The van der Waals surface area contributed by atoms with E-state index in [1.807, 2.05) is 11.8 Å². The molecule has 1 saturated heterocycles. The number of piperidine rings is 1. The lowest BCUT2D eigenvalue weighted by Crippen LogP contribution is -2.50. The van der Waals surface area contributed by atoms with Gasteiger partial charge >= 0.3 is 6.03 Å². The molecule has 13 heteroatoms. The molecule has 1 aliphatic heterocycles. The molecule has 1 N–H and O–H groups in total. The first-order valence-corrected chi connectivity index (χ1v) is 15.6. The van der Waals surface area contributed by atoms with Gasteiger partial charge in [-0.05, 0) is 69.4 Å². The van der Waals surface area contributed by atoms with Crippen LogP contribution in [-0.2, 0) is 15.4 Å². The molecular formula is C26H32N8O3S2. The largest absolute Gasteiger partial charge is 0.331 e. The lowest BCUT2D eigenvalue weighted by molar-refractivity contribution is 0.156. The molecular weight excluding hydrogens is 536 g/mol. The van der Waals surface area contributed by atoms with Gasteiger partial charge < -0.3 is 9.80 Å². The smallest absolute Gasteiger partial charge is 0.319 e. The summed E-state index contributed by atoms with van der Waals surface area (Å²) in [4.78, 5) is 20.8. The summed E-state index contributed by atoms with van der Waals surface area (Å²) in [6.45, 7) is 3.12. The van der Waals surface area contributed by atoms with Gasteiger partial charge in [0.05, 0.1) is 17.2 Å². The summed E-state index contributed by atoms with van der Waals surface area (Å²) in [5.74, 6) is 0.0432. The van der Waals surface area contributed by atoms with Crippen LogP contribution in [0.1, 0.15) is 68.4 Å². The lowest BCUT2D eigenvalue weighted by Gasteiger charge is -2.38. The molecule has 11 nitrogen and oxygen atoms in total. The topological polar surface area (TPSA) is 137 Å². The monoisotopic (exact) mass is 568 g/mol. The molecule has 0 unspecified atom stereocenters. The van der Waals surface area contributed by atoms with Crippen LogP contribution in [0.25, 0.3) is 16.3 Å². The number of urea groups is 1. The van der Waals surface area contributed by atoms with E-state index in [4.69, 9.17) is 4.98 Å². The second kappa shape index (κ2) is 9.25. The quantitative estimate of drug-likeness (QED) is 0.481. The SMILES string of the molecule is CN(C)C(=O)N1CCC(c2cc(S(=O)(=O)NC3(C)CCC3)cn3c(-c4nnc(C5(C#N)CC5)s4)cnc23)CC1. The molecule has 6 rings (SSSR count). The van der Waals surface area contributed by atoms with Gasteiger partial charge in [0, 0.05) is 38.9 Å². The van der Waals surface area contributed by atoms with Gasteiger partial charge in [0.2, 0.25) is 10.0 Å². The Morgan fingerprint density at radius 2 is 1.92 bits per heavy atom. The van der Waals surface area contributed by atoms with Crippen LogP contribution in [0.2, 0.25) is 0 Å². The van der Waals surface area contributed by atoms with Gasteiger partial charge in [0.15, 0.2) is 5.01 Å². The predicted octanol–water partition coefficient (Wildman–Crippen LogP) is 3.49. The maximum atomic E-state index is 13.6. The number of amides is 2. The number of hydrogen-bond acceptors (Lipinski definition) is 8. The highest BCUT2D eigenvalue weighted by Gasteiger charge is 2.48. The normalized spacial score (nSPS) is 20.4. The number of nitriles is 1. The van der Waals surface area contributed by atoms with Gasteiger partial charge in [0.25, 0.3) is 0 Å². The number of fused-ring (bicyclic) bond motifs is 1. The average molecular weight is 569 g/mol. The minimum Gasteiger partial charge on any atom is -0.331 e. The molecule has 2 saturated carbocycles. The fraction of sp³-hybridized carbons (Fsp3) is 0.577. The zero-order valence-electron chi connectivity index (χ0n) is 22.3. The fourth-order valence-corrected chi connectivity index (χ4v) is 8.11. The van der Waals surface area contributed by atoms with Crippen molar-refractivity contribution in [3.05, 3.63) is 29.0 Å². The number of aromatic nitrogens is 4. The first-order valence-electron chi connectivity index (χ1n) is 13.3. The van der Waals surface area contributed by atoms with E-state index in [0.717, 1.165) is 37.7 Å². The molecule has 3 aliphatic rings. The second-order valence-corrected chi connectivity index (χ2v) is 14.2. The number of nitrogens with one attached hydrogen (secondary N) is 1. The second-order valence-electron chi connectivity index (χ2n) is 11.5. The Kier molecular flexibility index (Phi) is 6.20. The molecule has 39 heavy (non-hydrogen) atoms. The van der Waals surface area contributed by atoms with Crippen LogP contribution in [0, 0.1) is 11.3 Å². The van der Waals surface area contributed by atoms with Crippen LogP contribution >= 0.6 is 11.3 Å². The Bertz CT molecular complexity index is 1590. The molecule has 0 radical (unpaired) electrons. The highest BCUT2D eigenvalue weighted by atomic mass is 32.2. The maximum Gasteiger partial charge on any atom is 0.319 e. The number of carbonyl (C=O) groups is 1. The number of hydrogen-bond donors (Lipinski definition) is 1. The minimum atomic E-state index is -3.80. The Morgan fingerprint density at radius 3 is 2.51 bits per heavy atom. The number of pyridine rings is 1. The van der Waals surface area contributed by atoms with Gasteiger partial charge in [-0.1, -0.05) is 11.3 Å². The maximum absolute atomic E-state index is 13.6. The third-order valence-corrected chi connectivity index (χ3v) is 11.1. The third-order valence-electron chi connectivity index (χ3n) is 8.36. The molecule has 2 amide bonds. The average Bonchev–Trinajstić information content (AvgIpc) is 3.33. The van der Waals surface area contributed by atoms with Crippen LogP contribution in [0.3, 0.4) is 0 Å². The number of nitrogens with zero attached hydrogens (tertiary/aromatic N) is 7. The molecule has 2 aliphatic carbocycles. The van der Waals surface area contributed by atoms with Crippen LogP contribution in [0.4, 0.5) is 4.79 Å². The van der Waals surface area contributed by atoms with Crippen LogP contribution in [0.15, 0.2) is 23.4 Å². The van der Waals surface area contributed by atoms with Crippen molar-refractivity contribution >= 4 is 33.0 Å². The van der Waals surface area contributed by atoms with Gasteiger partial charge in [-0.15, -0.1) is 10.2 Å². The molecule has 0 aromatic carbocycles. The predicted molar refractivity (Wildman–Crippen MR) is 146 cm³/mol. The van der Waals surface area contributed by atoms with Gasteiger partial charge in [-0.3, -0.25) is 4.40 Å². The summed E-state index contributed by atoms with van der Waals surface area (Å²) in [6.07, 6.45) is 8.91. The Balaban J connectivity index is 1.41.